The quantitative estimate of drug-likeness (QED) is 0.478. The van der Waals surface area contributed by atoms with Gasteiger partial charge >= 0.3 is 5.97 Å². The van der Waals surface area contributed by atoms with Crippen molar-refractivity contribution in [2.45, 2.75) is 17.6 Å². The lowest BCUT2D eigenvalue weighted by Crippen LogP contribution is -2.07. The summed E-state index contributed by atoms with van der Waals surface area (Å²) in [6, 6.07) is 6.41. The summed E-state index contributed by atoms with van der Waals surface area (Å²) < 4.78 is 18.1. The molecule has 0 radical (unpaired) electrons. The first-order valence-corrected chi connectivity index (χ1v) is 7.79. The number of esters is 1. The Hall–Kier alpha value is -1.73. The highest BCUT2D eigenvalue weighted by Gasteiger charge is 2.21. The van der Waals surface area contributed by atoms with Crippen molar-refractivity contribution in [1.29, 1.82) is 0 Å². The van der Waals surface area contributed by atoms with E-state index in [0.29, 0.717) is 15.7 Å². The molecule has 0 bridgehead atoms. The van der Waals surface area contributed by atoms with E-state index in [9.17, 15) is 14.0 Å². The summed E-state index contributed by atoms with van der Waals surface area (Å²) in [7, 11) is 1.24. The Bertz CT molecular complexity index is 685. The molecule has 0 saturated heterocycles. The molecule has 1 aromatic carbocycles. The van der Waals surface area contributed by atoms with Gasteiger partial charge in [-0.2, -0.15) is 0 Å². The van der Waals surface area contributed by atoms with E-state index in [1.54, 1.807) is 18.2 Å². The first kappa shape index (κ1) is 15.7. The largest absolute Gasteiger partial charge is 0.464 e. The zero-order chi connectivity index (χ0) is 15.4. The van der Waals surface area contributed by atoms with Crippen molar-refractivity contribution in [1.82, 2.24) is 4.98 Å². The average Bonchev–Trinajstić information content (AvgIpc) is 2.90. The number of thiazole rings is 1. The lowest BCUT2D eigenvalue weighted by molar-refractivity contribution is 0.0591. The fourth-order valence-corrected chi connectivity index (χ4v) is 3.48. The van der Waals surface area contributed by atoms with Crippen molar-refractivity contribution in [3.8, 4) is 0 Å². The van der Waals surface area contributed by atoms with Crippen LogP contribution in [0.5, 0.6) is 0 Å². The van der Waals surface area contributed by atoms with Crippen molar-refractivity contribution in [2.24, 2.45) is 0 Å². The minimum Gasteiger partial charge on any atom is -0.464 e. The first-order valence-electron chi connectivity index (χ1n) is 5.99. The minimum atomic E-state index is -0.640. The smallest absolute Gasteiger partial charge is 0.358 e. The van der Waals surface area contributed by atoms with E-state index in [-0.39, 0.29) is 22.2 Å². The summed E-state index contributed by atoms with van der Waals surface area (Å²) in [5.41, 5.74) is 0.0270. The molecule has 0 fully saturated rings. The third kappa shape index (κ3) is 3.68. The number of methoxy groups -OCH3 is 1. The summed E-state index contributed by atoms with van der Waals surface area (Å²) in [5.74, 6) is -0.809. The molecule has 2 aromatic rings. The topological polar surface area (TPSA) is 56.3 Å². The van der Waals surface area contributed by atoms with Gasteiger partial charge in [-0.3, -0.25) is 4.79 Å². The van der Waals surface area contributed by atoms with Gasteiger partial charge in [0, 0.05) is 11.8 Å². The van der Waals surface area contributed by atoms with Crippen molar-refractivity contribution in [3.05, 3.63) is 45.7 Å². The molecule has 110 valence electrons. The predicted molar refractivity (Wildman–Crippen MR) is 79.4 cm³/mol. The van der Waals surface area contributed by atoms with Gasteiger partial charge in [0.25, 0.3) is 0 Å². The number of benzene rings is 1. The fourth-order valence-electron chi connectivity index (χ4n) is 1.60. The zero-order valence-electron chi connectivity index (χ0n) is 11.4. The van der Waals surface area contributed by atoms with Gasteiger partial charge in [-0.05, 0) is 12.1 Å². The molecule has 2 rings (SSSR count). The molecule has 0 unspecified atom stereocenters. The number of aromatic nitrogens is 1. The molecule has 0 N–H and O–H groups in total. The Morgan fingerprint density at radius 2 is 2.10 bits per heavy atom. The maximum Gasteiger partial charge on any atom is 0.358 e. The fraction of sp³-hybridized carbons (Fsp3) is 0.214. The molecular weight excluding hydrogens is 313 g/mol. The molecule has 1 aromatic heterocycles. The number of ketones is 1. The molecule has 0 amide bonds. The van der Waals surface area contributed by atoms with E-state index in [4.69, 9.17) is 0 Å². The van der Waals surface area contributed by atoms with Crippen LogP contribution >= 0.6 is 23.1 Å². The van der Waals surface area contributed by atoms with Gasteiger partial charge in [-0.25, -0.2) is 14.2 Å². The first-order chi connectivity index (χ1) is 10.0. The number of rotatable bonds is 5. The standard InChI is InChI=1S/C14H12FNO3S2/c1-8(17)13-12(14(18)19-2)16-11(21-13)7-20-10-6-4-3-5-9(10)15/h3-6H,7H2,1-2H3. The molecule has 4 nitrogen and oxygen atoms in total. The number of nitrogens with zero attached hydrogens (tertiary/aromatic N) is 1. The summed E-state index contributed by atoms with van der Waals surface area (Å²) >= 11 is 2.39. The maximum absolute atomic E-state index is 13.5. The Morgan fingerprint density at radius 3 is 2.71 bits per heavy atom. The van der Waals surface area contributed by atoms with Crippen LogP contribution in [0.1, 0.15) is 32.1 Å². The van der Waals surface area contributed by atoms with Gasteiger partial charge in [0.15, 0.2) is 11.5 Å². The van der Waals surface area contributed by atoms with Crippen molar-refractivity contribution in [2.75, 3.05) is 7.11 Å². The van der Waals surface area contributed by atoms with Gasteiger partial charge in [0.2, 0.25) is 0 Å². The second-order valence-electron chi connectivity index (χ2n) is 4.05. The van der Waals surface area contributed by atoms with Gasteiger partial charge in [0.1, 0.15) is 15.7 Å². The van der Waals surface area contributed by atoms with Crippen LogP contribution in [0.3, 0.4) is 0 Å². The zero-order valence-corrected chi connectivity index (χ0v) is 13.0. The second-order valence-corrected chi connectivity index (χ2v) is 6.15. The van der Waals surface area contributed by atoms with E-state index in [1.165, 1.54) is 31.9 Å². The van der Waals surface area contributed by atoms with Crippen LogP contribution in [0.4, 0.5) is 4.39 Å². The molecule has 7 heteroatoms. The Labute approximate surface area is 129 Å². The molecule has 0 aliphatic heterocycles. The third-order valence-electron chi connectivity index (χ3n) is 2.56. The van der Waals surface area contributed by atoms with Gasteiger partial charge in [0.05, 0.1) is 12.9 Å². The van der Waals surface area contributed by atoms with Crippen LogP contribution in [0, 0.1) is 5.82 Å². The molecule has 0 spiro atoms. The lowest BCUT2D eigenvalue weighted by Gasteiger charge is -2.00. The van der Waals surface area contributed by atoms with Crippen molar-refractivity contribution in [3.63, 3.8) is 0 Å². The van der Waals surface area contributed by atoms with E-state index in [1.807, 2.05) is 0 Å². The van der Waals surface area contributed by atoms with E-state index in [0.717, 1.165) is 11.3 Å². The van der Waals surface area contributed by atoms with Crippen molar-refractivity contribution >= 4 is 34.9 Å². The highest BCUT2D eigenvalue weighted by molar-refractivity contribution is 7.98. The van der Waals surface area contributed by atoms with Crippen LogP contribution < -0.4 is 0 Å². The van der Waals surface area contributed by atoms with Crippen LogP contribution in [0.2, 0.25) is 0 Å². The van der Waals surface area contributed by atoms with Crippen LogP contribution in [-0.4, -0.2) is 23.8 Å². The number of hydrogen-bond donors (Lipinski definition) is 0. The van der Waals surface area contributed by atoms with Crippen LogP contribution in [0.25, 0.3) is 0 Å². The van der Waals surface area contributed by atoms with E-state index in [2.05, 4.69) is 9.72 Å². The Balaban J connectivity index is 2.20. The average molecular weight is 325 g/mol. The second kappa shape index (κ2) is 6.82. The molecule has 1 heterocycles. The number of Topliss-reactive ketones (excluding diaryl/α,β-unsaturated/α-hetero) is 1. The molecule has 21 heavy (non-hydrogen) atoms. The predicted octanol–water partition coefficient (Wildman–Crippen LogP) is 3.56. The Morgan fingerprint density at radius 1 is 1.38 bits per heavy atom. The van der Waals surface area contributed by atoms with E-state index >= 15 is 0 Å². The molecule has 0 aliphatic rings. The highest BCUT2D eigenvalue weighted by Crippen LogP contribution is 2.29. The Kier molecular flexibility index (Phi) is 5.08. The van der Waals surface area contributed by atoms with Crippen LogP contribution in [0.15, 0.2) is 29.2 Å². The third-order valence-corrected chi connectivity index (χ3v) is 4.96. The number of carbonyl (C=O) groups excluding carboxylic acids is 2. The van der Waals surface area contributed by atoms with E-state index < -0.39 is 5.97 Å². The van der Waals surface area contributed by atoms with Crippen LogP contribution in [-0.2, 0) is 10.5 Å². The number of ether oxygens (including phenoxy) is 1. The van der Waals surface area contributed by atoms with Gasteiger partial charge in [-0.15, -0.1) is 23.1 Å². The molecule has 0 atom stereocenters. The highest BCUT2D eigenvalue weighted by atomic mass is 32.2. The van der Waals surface area contributed by atoms with Gasteiger partial charge < -0.3 is 4.74 Å². The van der Waals surface area contributed by atoms with Crippen molar-refractivity contribution < 1.29 is 18.7 Å². The van der Waals surface area contributed by atoms with Gasteiger partial charge in [-0.1, -0.05) is 12.1 Å². The lowest BCUT2D eigenvalue weighted by atomic mass is 10.3. The maximum atomic E-state index is 13.5. The SMILES string of the molecule is COC(=O)c1nc(CSc2ccccc2F)sc1C(C)=O. The summed E-state index contributed by atoms with van der Waals surface area (Å²) in [5, 5.41) is 0.578. The minimum absolute atomic E-state index is 0.0270. The summed E-state index contributed by atoms with van der Waals surface area (Å²) in [6.45, 7) is 1.37. The summed E-state index contributed by atoms with van der Waals surface area (Å²) in [6.07, 6.45) is 0. The molecular formula is C14H12FNO3S2. The monoisotopic (exact) mass is 325 g/mol. The molecule has 0 aliphatic carbocycles. The summed E-state index contributed by atoms with van der Waals surface area (Å²) in [4.78, 5) is 28.0. The number of hydrogen-bond acceptors (Lipinski definition) is 6. The molecule has 0 saturated carbocycles. The number of carbonyl (C=O) groups is 2. The number of thioether (sulfide) groups is 1. The number of halogens is 1. The normalized spacial score (nSPS) is 10.4.